The summed E-state index contributed by atoms with van der Waals surface area (Å²) < 4.78 is 5.75. The molecule has 28 heavy (non-hydrogen) atoms. The molecule has 0 heterocycles. The molecule has 0 aliphatic carbocycles. The van der Waals surface area contributed by atoms with Crippen LogP contribution in [0.4, 0.5) is 0 Å². The first kappa shape index (κ1) is 21.6. The van der Waals surface area contributed by atoms with E-state index >= 15 is 0 Å². The van der Waals surface area contributed by atoms with E-state index in [2.05, 4.69) is 5.32 Å². The Kier molecular flexibility index (Phi) is 9.18. The topological polar surface area (TPSA) is 107 Å². The highest BCUT2D eigenvalue weighted by molar-refractivity contribution is 5.84. The minimum Gasteiger partial charge on any atom is -0.489 e. The molecule has 2 aromatic carbocycles. The predicted octanol–water partition coefficient (Wildman–Crippen LogP) is 1.86. The van der Waals surface area contributed by atoms with Crippen LogP contribution >= 0.6 is 0 Å². The third-order valence-corrected chi connectivity index (χ3v) is 4.37. The van der Waals surface area contributed by atoms with Crippen molar-refractivity contribution in [2.75, 3.05) is 6.54 Å². The lowest BCUT2D eigenvalue weighted by atomic mass is 10.0. The van der Waals surface area contributed by atoms with Crippen LogP contribution < -0.4 is 21.5 Å². The molecule has 6 nitrogen and oxygen atoms in total. The first-order valence-corrected chi connectivity index (χ1v) is 9.51. The molecular formula is C22H28N3O3. The van der Waals surface area contributed by atoms with Crippen LogP contribution in [0, 0.1) is 0 Å². The average molecular weight is 382 g/mol. The van der Waals surface area contributed by atoms with Gasteiger partial charge in [0, 0.05) is 0 Å². The fourth-order valence-electron chi connectivity index (χ4n) is 2.74. The number of benzene rings is 2. The normalized spacial score (nSPS) is 12.8. The van der Waals surface area contributed by atoms with Crippen molar-refractivity contribution in [3.05, 3.63) is 65.7 Å². The number of rotatable bonds is 12. The number of carbonyl (C=O) groups excluding carboxylic acids is 2. The molecular weight excluding hydrogens is 354 g/mol. The number of carbonyl (C=O) groups is 1. The average Bonchev–Trinajstić information content (AvgIpc) is 2.73. The highest BCUT2D eigenvalue weighted by Crippen LogP contribution is 2.15. The second-order valence-electron chi connectivity index (χ2n) is 6.69. The number of ether oxygens (including phenoxy) is 1. The molecule has 0 bridgehead atoms. The lowest BCUT2D eigenvalue weighted by Crippen LogP contribution is -2.47. The summed E-state index contributed by atoms with van der Waals surface area (Å²) in [5.41, 5.74) is 13.4. The van der Waals surface area contributed by atoms with Crippen LogP contribution in [0.2, 0.25) is 0 Å². The smallest absolute Gasteiger partial charge is 0.237 e. The molecule has 149 valence electrons. The maximum Gasteiger partial charge on any atom is 0.237 e. The van der Waals surface area contributed by atoms with E-state index in [4.69, 9.17) is 16.2 Å². The van der Waals surface area contributed by atoms with Gasteiger partial charge in [-0.25, -0.2) is 0 Å². The summed E-state index contributed by atoms with van der Waals surface area (Å²) in [4.78, 5) is 23.2. The van der Waals surface area contributed by atoms with Crippen molar-refractivity contribution < 1.29 is 14.3 Å². The molecule has 0 aliphatic heterocycles. The molecule has 5 N–H and O–H groups in total. The van der Waals surface area contributed by atoms with Gasteiger partial charge in [0.05, 0.1) is 12.1 Å². The van der Waals surface area contributed by atoms with E-state index in [0.717, 1.165) is 29.7 Å². The number of unbranched alkanes of at least 4 members (excludes halogenated alkanes) is 1. The first-order valence-electron chi connectivity index (χ1n) is 9.51. The summed E-state index contributed by atoms with van der Waals surface area (Å²) in [5.74, 6) is 0.395. The van der Waals surface area contributed by atoms with Crippen molar-refractivity contribution in [3.8, 4) is 5.75 Å². The molecule has 2 aromatic rings. The summed E-state index contributed by atoms with van der Waals surface area (Å²) >= 11 is 0. The fourth-order valence-corrected chi connectivity index (χ4v) is 2.74. The van der Waals surface area contributed by atoms with E-state index in [0.29, 0.717) is 26.0 Å². The summed E-state index contributed by atoms with van der Waals surface area (Å²) in [7, 11) is 0. The summed E-state index contributed by atoms with van der Waals surface area (Å²) in [6, 6.07) is 16.0. The van der Waals surface area contributed by atoms with Crippen molar-refractivity contribution in [1.29, 1.82) is 0 Å². The van der Waals surface area contributed by atoms with E-state index in [1.807, 2.05) is 60.9 Å². The summed E-state index contributed by atoms with van der Waals surface area (Å²) in [6.45, 7) is 1.06. The van der Waals surface area contributed by atoms with Gasteiger partial charge in [0.25, 0.3) is 0 Å². The molecule has 0 spiro atoms. The van der Waals surface area contributed by atoms with Gasteiger partial charge in [0.15, 0.2) is 0 Å². The Morgan fingerprint density at radius 2 is 1.75 bits per heavy atom. The maximum atomic E-state index is 12.2. The highest BCUT2D eigenvalue weighted by atomic mass is 16.5. The maximum absolute atomic E-state index is 12.2. The molecule has 0 saturated heterocycles. The molecule has 0 unspecified atom stereocenters. The van der Waals surface area contributed by atoms with Gasteiger partial charge < -0.3 is 21.5 Å². The molecule has 1 radical (unpaired) electrons. The highest BCUT2D eigenvalue weighted by Gasteiger charge is 2.18. The van der Waals surface area contributed by atoms with Gasteiger partial charge in [-0.1, -0.05) is 42.5 Å². The van der Waals surface area contributed by atoms with Crippen LogP contribution in [-0.4, -0.2) is 30.8 Å². The number of hydrogen-bond donors (Lipinski definition) is 3. The van der Waals surface area contributed by atoms with Crippen molar-refractivity contribution >= 4 is 12.2 Å². The summed E-state index contributed by atoms with van der Waals surface area (Å²) in [5, 5.41) is 2.64. The molecule has 0 saturated carbocycles. The van der Waals surface area contributed by atoms with E-state index in [9.17, 15) is 9.59 Å². The second kappa shape index (κ2) is 11.9. The first-order chi connectivity index (χ1) is 13.6. The Balaban J connectivity index is 1.80. The van der Waals surface area contributed by atoms with Gasteiger partial charge in [-0.15, -0.1) is 0 Å². The van der Waals surface area contributed by atoms with Crippen molar-refractivity contribution in [1.82, 2.24) is 5.32 Å². The van der Waals surface area contributed by atoms with E-state index in [1.165, 1.54) is 0 Å². The fraction of sp³-hybridized carbons (Fsp3) is 0.364. The van der Waals surface area contributed by atoms with Crippen LogP contribution in [0.5, 0.6) is 5.75 Å². The Bertz CT molecular complexity index is 720. The Morgan fingerprint density at radius 1 is 1.04 bits per heavy atom. The van der Waals surface area contributed by atoms with Gasteiger partial charge in [0.1, 0.15) is 12.4 Å². The molecule has 6 heteroatoms. The minimum absolute atomic E-state index is 0.356. The van der Waals surface area contributed by atoms with Gasteiger partial charge in [-0.3, -0.25) is 9.59 Å². The van der Waals surface area contributed by atoms with Gasteiger partial charge in [0.2, 0.25) is 12.2 Å². The minimum atomic E-state index is -0.735. The Morgan fingerprint density at radius 3 is 2.39 bits per heavy atom. The molecule has 2 rings (SSSR count). The van der Waals surface area contributed by atoms with Crippen molar-refractivity contribution in [3.63, 3.8) is 0 Å². The second-order valence-corrected chi connectivity index (χ2v) is 6.69. The van der Waals surface area contributed by atoms with Gasteiger partial charge in [-0.05, 0) is 55.5 Å². The Hall–Kier alpha value is -2.70. The quantitative estimate of drug-likeness (QED) is 0.486. The number of amides is 1. The van der Waals surface area contributed by atoms with E-state index in [1.54, 1.807) is 0 Å². The molecule has 0 aliphatic rings. The molecule has 2 atom stereocenters. The summed E-state index contributed by atoms with van der Waals surface area (Å²) in [6.07, 6.45) is 4.31. The van der Waals surface area contributed by atoms with Crippen LogP contribution in [-0.2, 0) is 22.6 Å². The monoisotopic (exact) mass is 382 g/mol. The lowest BCUT2D eigenvalue weighted by molar-refractivity contribution is -0.122. The van der Waals surface area contributed by atoms with Gasteiger partial charge in [-0.2, -0.15) is 0 Å². The largest absolute Gasteiger partial charge is 0.489 e. The lowest BCUT2D eigenvalue weighted by Gasteiger charge is -2.16. The zero-order chi connectivity index (χ0) is 20.2. The molecule has 1 amide bonds. The third kappa shape index (κ3) is 7.50. The SMILES string of the molecule is NCCCC[C@H]([C]=O)NC(=O)[C@@H](N)Cc1ccc(OCc2ccccc2)cc1. The van der Waals surface area contributed by atoms with E-state index in [-0.39, 0.29) is 5.91 Å². The standard InChI is InChI=1S/C22H28N3O3/c23-13-5-4-8-19(15-26)25-22(27)21(24)14-17-9-11-20(12-10-17)28-16-18-6-2-1-3-7-18/h1-3,6-7,9-12,19,21H,4-5,8,13-14,16,23-24H2,(H,25,27)/t19-,21+/m1/s1. The van der Waals surface area contributed by atoms with Crippen LogP contribution in [0.3, 0.4) is 0 Å². The zero-order valence-electron chi connectivity index (χ0n) is 16.0. The zero-order valence-corrected chi connectivity index (χ0v) is 16.0. The molecule has 0 aromatic heterocycles. The van der Waals surface area contributed by atoms with Crippen LogP contribution in [0.1, 0.15) is 30.4 Å². The van der Waals surface area contributed by atoms with Crippen molar-refractivity contribution in [2.45, 2.75) is 44.4 Å². The van der Waals surface area contributed by atoms with E-state index < -0.39 is 12.1 Å². The molecule has 0 fully saturated rings. The predicted molar refractivity (Wildman–Crippen MR) is 109 cm³/mol. The third-order valence-electron chi connectivity index (χ3n) is 4.37. The number of hydrogen-bond acceptors (Lipinski definition) is 5. The van der Waals surface area contributed by atoms with Crippen LogP contribution in [0.25, 0.3) is 0 Å². The Labute approximate surface area is 166 Å². The van der Waals surface area contributed by atoms with Gasteiger partial charge >= 0.3 is 0 Å². The van der Waals surface area contributed by atoms with Crippen molar-refractivity contribution in [2.24, 2.45) is 11.5 Å². The number of nitrogens with two attached hydrogens (primary N) is 2. The number of nitrogens with one attached hydrogen (secondary N) is 1. The van der Waals surface area contributed by atoms with Crippen LogP contribution in [0.15, 0.2) is 54.6 Å².